The molecule has 0 aliphatic heterocycles. The van der Waals surface area contributed by atoms with Gasteiger partial charge in [0.25, 0.3) is 0 Å². The molecule has 0 spiro atoms. The third kappa shape index (κ3) is 7.65. The molecule has 0 heterocycles. The molecule has 132 valence electrons. The molecule has 0 amide bonds. The summed E-state index contributed by atoms with van der Waals surface area (Å²) in [5.74, 6) is 0. The van der Waals surface area contributed by atoms with Gasteiger partial charge in [-0.3, -0.25) is 0 Å². The molecule has 1 aromatic carbocycles. The zero-order valence-electron chi connectivity index (χ0n) is 14.6. The zero-order chi connectivity index (χ0) is 18.3. The van der Waals surface area contributed by atoms with Crippen molar-refractivity contribution in [3.05, 3.63) is 34.4 Å². The third-order valence-electron chi connectivity index (χ3n) is 4.07. The smallest absolute Gasteiger partial charge is 0.211 e. The molecule has 0 N–H and O–H groups in total. The minimum absolute atomic E-state index is 0.460. The first-order chi connectivity index (χ1) is 12.2. The second-order valence-electron chi connectivity index (χ2n) is 5.73. The van der Waals surface area contributed by atoms with Gasteiger partial charge in [-0.2, -0.15) is 0 Å². The number of hydrogen-bond donors (Lipinski definition) is 0. The highest BCUT2D eigenvalue weighted by Crippen LogP contribution is 2.24. The van der Waals surface area contributed by atoms with Crippen LogP contribution in [0.2, 0.25) is 0 Å². The molecule has 0 fully saturated rings. The van der Waals surface area contributed by atoms with Gasteiger partial charge in [0.1, 0.15) is 0 Å². The summed E-state index contributed by atoms with van der Waals surface area (Å²) < 4.78 is 0. The molecule has 1 rings (SSSR count). The van der Waals surface area contributed by atoms with Crippen molar-refractivity contribution in [2.45, 2.75) is 45.4 Å². The van der Waals surface area contributed by atoms with Gasteiger partial charge in [-0.05, 0) is 67.7 Å². The molecule has 0 saturated carbocycles. The van der Waals surface area contributed by atoms with Crippen LogP contribution in [0.4, 0.5) is 0 Å². The summed E-state index contributed by atoms with van der Waals surface area (Å²) in [7, 11) is 0. The van der Waals surface area contributed by atoms with Crippen molar-refractivity contribution < 1.29 is 14.4 Å². The van der Waals surface area contributed by atoms with E-state index in [9.17, 15) is 14.4 Å². The van der Waals surface area contributed by atoms with Crippen molar-refractivity contribution in [2.75, 3.05) is 19.6 Å². The average molecular weight is 341 g/mol. The summed E-state index contributed by atoms with van der Waals surface area (Å²) in [5.41, 5.74) is 4.98. The van der Waals surface area contributed by atoms with E-state index in [1.54, 1.807) is 18.2 Å². The maximum Gasteiger partial charge on any atom is 0.234 e. The van der Waals surface area contributed by atoms with Gasteiger partial charge in [0.05, 0.1) is 19.6 Å². The fourth-order valence-electron chi connectivity index (χ4n) is 2.91. The Labute approximate surface area is 147 Å². The number of nitrogens with zero attached hydrogens (tertiary/aromatic N) is 3. The Morgan fingerprint density at radius 1 is 0.720 bits per heavy atom. The minimum Gasteiger partial charge on any atom is -0.211 e. The fourth-order valence-corrected chi connectivity index (χ4v) is 2.91. The number of carbonyl (C=O) groups excluding carboxylic acids is 3. The monoisotopic (exact) mass is 341 g/mol. The first-order valence-corrected chi connectivity index (χ1v) is 8.45. The molecule has 6 nitrogen and oxygen atoms in total. The highest BCUT2D eigenvalue weighted by molar-refractivity contribution is 5.41. The molecule has 0 aliphatic carbocycles. The van der Waals surface area contributed by atoms with Crippen LogP contribution in [-0.4, -0.2) is 37.9 Å². The van der Waals surface area contributed by atoms with Gasteiger partial charge < -0.3 is 0 Å². The van der Waals surface area contributed by atoms with Gasteiger partial charge in [0.2, 0.25) is 18.2 Å². The summed E-state index contributed by atoms with van der Waals surface area (Å²) >= 11 is 0. The molecule has 0 radical (unpaired) electrons. The van der Waals surface area contributed by atoms with E-state index in [0.29, 0.717) is 19.6 Å². The molecule has 6 heteroatoms. The van der Waals surface area contributed by atoms with Gasteiger partial charge in [0, 0.05) is 0 Å². The van der Waals surface area contributed by atoms with Crippen LogP contribution in [0.1, 0.15) is 41.5 Å². The third-order valence-corrected chi connectivity index (χ3v) is 4.07. The number of aliphatic imine (C=N–C) groups is 3. The standard InChI is InChI=1S/C19H23N3O3/c1-16-8-9-17(5-2-10-20-13-23)19(7-4-12-22-15-25)18(16)6-3-11-21-14-24/h8-9H,2-7,10-12H2,1H3. The maximum atomic E-state index is 10.2. The van der Waals surface area contributed by atoms with E-state index in [1.165, 1.54) is 22.3 Å². The molecule has 0 unspecified atom stereocenters. The first-order valence-electron chi connectivity index (χ1n) is 8.45. The van der Waals surface area contributed by atoms with Gasteiger partial charge in [-0.15, -0.1) is 0 Å². The van der Waals surface area contributed by atoms with Crippen LogP contribution < -0.4 is 0 Å². The quantitative estimate of drug-likeness (QED) is 0.333. The number of hydrogen-bond acceptors (Lipinski definition) is 6. The average Bonchev–Trinajstić information content (AvgIpc) is 2.62. The van der Waals surface area contributed by atoms with E-state index in [1.807, 2.05) is 0 Å². The lowest BCUT2D eigenvalue weighted by Gasteiger charge is -2.17. The predicted octanol–water partition coefficient (Wildman–Crippen LogP) is 2.80. The molecule has 0 saturated heterocycles. The Kier molecular flexibility index (Phi) is 10.4. The number of isocyanates is 3. The lowest BCUT2D eigenvalue weighted by Crippen LogP contribution is -2.06. The SMILES string of the molecule is Cc1ccc(CCCN=C=O)c(CCCN=C=O)c1CCCN=C=O. The molecular weight excluding hydrogens is 318 g/mol. The van der Waals surface area contributed by atoms with E-state index < -0.39 is 0 Å². The van der Waals surface area contributed by atoms with E-state index in [2.05, 4.69) is 34.0 Å². The normalized spacial score (nSPS) is 9.64. The Hall–Kier alpha value is -2.64. The molecule has 0 aliphatic rings. The van der Waals surface area contributed by atoms with E-state index >= 15 is 0 Å². The van der Waals surface area contributed by atoms with Crippen LogP contribution in [0.3, 0.4) is 0 Å². The second kappa shape index (κ2) is 12.7. The Morgan fingerprint density at radius 2 is 1.20 bits per heavy atom. The lowest BCUT2D eigenvalue weighted by molar-refractivity contribution is 0.561. The summed E-state index contributed by atoms with van der Waals surface area (Å²) in [6, 6.07) is 4.22. The van der Waals surface area contributed by atoms with Crippen molar-refractivity contribution in [3.63, 3.8) is 0 Å². The topological polar surface area (TPSA) is 88.3 Å². The summed E-state index contributed by atoms with van der Waals surface area (Å²) in [6.07, 6.45) is 9.54. The largest absolute Gasteiger partial charge is 0.234 e. The predicted molar refractivity (Wildman–Crippen MR) is 95.1 cm³/mol. The molecule has 0 aromatic heterocycles. The lowest BCUT2D eigenvalue weighted by atomic mass is 9.89. The Bertz CT molecular complexity index is 696. The second-order valence-corrected chi connectivity index (χ2v) is 5.73. The van der Waals surface area contributed by atoms with Crippen LogP contribution in [0.15, 0.2) is 27.1 Å². The maximum absolute atomic E-state index is 10.2. The van der Waals surface area contributed by atoms with Crippen LogP contribution in [0.25, 0.3) is 0 Å². The molecular formula is C19H23N3O3. The van der Waals surface area contributed by atoms with E-state index in [4.69, 9.17) is 0 Å². The highest BCUT2D eigenvalue weighted by Gasteiger charge is 2.11. The zero-order valence-corrected chi connectivity index (χ0v) is 14.6. The van der Waals surface area contributed by atoms with Gasteiger partial charge in [0.15, 0.2) is 0 Å². The van der Waals surface area contributed by atoms with Gasteiger partial charge in [-0.25, -0.2) is 29.4 Å². The fraction of sp³-hybridized carbons (Fsp3) is 0.526. The molecule has 25 heavy (non-hydrogen) atoms. The highest BCUT2D eigenvalue weighted by atomic mass is 16.1. The molecule has 0 bridgehead atoms. The van der Waals surface area contributed by atoms with Crippen molar-refractivity contribution in [3.8, 4) is 0 Å². The summed E-state index contributed by atoms with van der Waals surface area (Å²) in [6.45, 7) is 3.47. The van der Waals surface area contributed by atoms with Crippen LogP contribution in [-0.2, 0) is 33.6 Å². The summed E-state index contributed by atoms with van der Waals surface area (Å²) in [4.78, 5) is 41.5. The van der Waals surface area contributed by atoms with Crippen LogP contribution >= 0.6 is 0 Å². The van der Waals surface area contributed by atoms with Crippen LogP contribution in [0, 0.1) is 6.92 Å². The Morgan fingerprint density at radius 3 is 1.72 bits per heavy atom. The minimum atomic E-state index is 0.460. The number of benzene rings is 1. The van der Waals surface area contributed by atoms with Gasteiger partial charge >= 0.3 is 0 Å². The number of rotatable bonds is 12. The van der Waals surface area contributed by atoms with E-state index in [0.717, 1.165) is 38.5 Å². The number of aryl methyl sites for hydroxylation is 2. The molecule has 1 aromatic rings. The van der Waals surface area contributed by atoms with Crippen molar-refractivity contribution >= 4 is 18.2 Å². The molecule has 0 atom stereocenters. The van der Waals surface area contributed by atoms with Crippen molar-refractivity contribution in [1.29, 1.82) is 0 Å². The van der Waals surface area contributed by atoms with Crippen molar-refractivity contribution in [2.24, 2.45) is 15.0 Å². The van der Waals surface area contributed by atoms with Gasteiger partial charge in [-0.1, -0.05) is 12.1 Å². The first kappa shape index (κ1) is 20.4. The van der Waals surface area contributed by atoms with E-state index in [-0.39, 0.29) is 0 Å². The Balaban J connectivity index is 2.96. The summed E-state index contributed by atoms with van der Waals surface area (Å²) in [5, 5.41) is 0. The van der Waals surface area contributed by atoms with Crippen LogP contribution in [0.5, 0.6) is 0 Å². The van der Waals surface area contributed by atoms with Crippen molar-refractivity contribution in [1.82, 2.24) is 0 Å².